The third-order valence-corrected chi connectivity index (χ3v) is 4.01. The van der Waals surface area contributed by atoms with Crippen molar-refractivity contribution in [2.24, 2.45) is 0 Å². The molecule has 2 rings (SSSR count). The van der Waals surface area contributed by atoms with Gasteiger partial charge in [0.25, 0.3) is 5.91 Å². The minimum Gasteiger partial charge on any atom is -0.335 e. The molecule has 0 radical (unpaired) electrons. The number of thioether (sulfide) groups is 1. The molecule has 1 heterocycles. The van der Waals surface area contributed by atoms with Crippen LogP contribution in [0.5, 0.6) is 0 Å². The maximum Gasteiger partial charge on any atom is 0.254 e. The largest absolute Gasteiger partial charge is 0.335 e. The summed E-state index contributed by atoms with van der Waals surface area (Å²) in [7, 11) is 0. The second-order valence-corrected chi connectivity index (χ2v) is 5.53. The molecule has 1 aliphatic heterocycles. The summed E-state index contributed by atoms with van der Waals surface area (Å²) < 4.78 is 0. The third-order valence-electron chi connectivity index (χ3n) is 3.30. The molecule has 2 nitrogen and oxygen atoms in total. The number of rotatable bonds is 3. The zero-order valence-electron chi connectivity index (χ0n) is 10.5. The second kappa shape index (κ2) is 5.58. The number of amides is 1. The number of benzene rings is 1. The molecule has 0 saturated carbocycles. The van der Waals surface area contributed by atoms with Crippen LogP contribution in [0.15, 0.2) is 24.3 Å². The van der Waals surface area contributed by atoms with Crippen LogP contribution in [0.1, 0.15) is 28.8 Å². The van der Waals surface area contributed by atoms with Gasteiger partial charge in [-0.2, -0.15) is 11.8 Å². The van der Waals surface area contributed by atoms with Gasteiger partial charge in [0.1, 0.15) is 0 Å². The van der Waals surface area contributed by atoms with E-state index in [0.29, 0.717) is 6.04 Å². The lowest BCUT2D eigenvalue weighted by atomic mass is 10.1. The Morgan fingerprint density at radius 2 is 2.12 bits per heavy atom. The highest BCUT2D eigenvalue weighted by Gasteiger charge is 2.28. The molecule has 0 aliphatic carbocycles. The van der Waals surface area contributed by atoms with Crippen LogP contribution in [-0.2, 0) is 0 Å². The molecule has 1 fully saturated rings. The molecule has 3 heteroatoms. The molecule has 1 aromatic rings. The van der Waals surface area contributed by atoms with Crippen molar-refractivity contribution in [3.05, 3.63) is 35.4 Å². The van der Waals surface area contributed by atoms with Crippen molar-refractivity contribution in [3.8, 4) is 0 Å². The molecule has 1 aliphatic rings. The minimum atomic E-state index is 0.196. The van der Waals surface area contributed by atoms with E-state index >= 15 is 0 Å². The standard InChI is InChI=1S/C14H19NOS/c1-11-5-7-12(8-6-11)14(16)15-9-3-4-13(15)10-17-2/h5-8,13H,3-4,9-10H2,1-2H3. The van der Waals surface area contributed by atoms with Crippen molar-refractivity contribution in [1.82, 2.24) is 4.90 Å². The average Bonchev–Trinajstić information content (AvgIpc) is 2.78. The Morgan fingerprint density at radius 1 is 1.41 bits per heavy atom. The van der Waals surface area contributed by atoms with Crippen LogP contribution in [-0.4, -0.2) is 35.4 Å². The van der Waals surface area contributed by atoms with Crippen molar-refractivity contribution in [1.29, 1.82) is 0 Å². The van der Waals surface area contributed by atoms with E-state index in [1.54, 1.807) is 0 Å². The average molecular weight is 249 g/mol. The van der Waals surface area contributed by atoms with Crippen molar-refractivity contribution in [2.75, 3.05) is 18.6 Å². The summed E-state index contributed by atoms with van der Waals surface area (Å²) >= 11 is 1.82. The first-order valence-electron chi connectivity index (χ1n) is 6.09. The highest BCUT2D eigenvalue weighted by molar-refractivity contribution is 7.98. The van der Waals surface area contributed by atoms with Crippen LogP contribution in [0.4, 0.5) is 0 Å². The van der Waals surface area contributed by atoms with Gasteiger partial charge in [-0.1, -0.05) is 17.7 Å². The third kappa shape index (κ3) is 2.83. The quantitative estimate of drug-likeness (QED) is 0.821. The Hall–Kier alpha value is -0.960. The van der Waals surface area contributed by atoms with Crippen molar-refractivity contribution in [3.63, 3.8) is 0 Å². The van der Waals surface area contributed by atoms with Gasteiger partial charge in [0.2, 0.25) is 0 Å². The molecule has 0 N–H and O–H groups in total. The van der Waals surface area contributed by atoms with E-state index in [1.807, 2.05) is 47.9 Å². The lowest BCUT2D eigenvalue weighted by molar-refractivity contribution is 0.0750. The van der Waals surface area contributed by atoms with Gasteiger partial charge >= 0.3 is 0 Å². The lowest BCUT2D eigenvalue weighted by Crippen LogP contribution is -2.36. The molecule has 1 atom stereocenters. The van der Waals surface area contributed by atoms with E-state index < -0.39 is 0 Å². The smallest absolute Gasteiger partial charge is 0.254 e. The van der Waals surface area contributed by atoms with E-state index in [2.05, 4.69) is 6.26 Å². The molecule has 0 bridgehead atoms. The van der Waals surface area contributed by atoms with Crippen LogP contribution >= 0.6 is 11.8 Å². The number of likely N-dealkylation sites (tertiary alicyclic amines) is 1. The highest BCUT2D eigenvalue weighted by Crippen LogP contribution is 2.22. The normalized spacial score (nSPS) is 19.6. The second-order valence-electron chi connectivity index (χ2n) is 4.62. The molecule has 1 aromatic carbocycles. The van der Waals surface area contributed by atoms with Gasteiger partial charge in [0, 0.05) is 23.9 Å². The van der Waals surface area contributed by atoms with Crippen LogP contribution in [0, 0.1) is 6.92 Å². The molecular formula is C14H19NOS. The van der Waals surface area contributed by atoms with Crippen molar-refractivity contribution in [2.45, 2.75) is 25.8 Å². The predicted octanol–water partition coefficient (Wildman–Crippen LogP) is 2.96. The van der Waals surface area contributed by atoms with Gasteiger partial charge in [0.05, 0.1) is 0 Å². The Bertz CT molecular complexity index is 388. The van der Waals surface area contributed by atoms with Crippen LogP contribution in [0.25, 0.3) is 0 Å². The number of aryl methyl sites for hydroxylation is 1. The molecule has 1 unspecified atom stereocenters. The van der Waals surface area contributed by atoms with Crippen LogP contribution < -0.4 is 0 Å². The van der Waals surface area contributed by atoms with Crippen molar-refractivity contribution < 1.29 is 4.79 Å². The minimum absolute atomic E-state index is 0.196. The maximum atomic E-state index is 12.4. The maximum absolute atomic E-state index is 12.4. The summed E-state index contributed by atoms with van der Waals surface area (Å²) in [6.07, 6.45) is 4.40. The van der Waals surface area contributed by atoms with Crippen LogP contribution in [0.3, 0.4) is 0 Å². The lowest BCUT2D eigenvalue weighted by Gasteiger charge is -2.24. The molecule has 17 heavy (non-hydrogen) atoms. The van der Waals surface area contributed by atoms with E-state index in [1.165, 1.54) is 5.56 Å². The van der Waals surface area contributed by atoms with E-state index in [9.17, 15) is 4.79 Å². The van der Waals surface area contributed by atoms with Gasteiger partial charge in [-0.3, -0.25) is 4.79 Å². The summed E-state index contributed by atoms with van der Waals surface area (Å²) in [5.41, 5.74) is 2.02. The summed E-state index contributed by atoms with van der Waals surface area (Å²) in [5.74, 6) is 1.25. The first-order chi connectivity index (χ1) is 8.22. The Morgan fingerprint density at radius 3 is 2.76 bits per heavy atom. The summed E-state index contributed by atoms with van der Waals surface area (Å²) in [6.45, 7) is 2.96. The molecule has 92 valence electrons. The number of nitrogens with zero attached hydrogens (tertiary/aromatic N) is 1. The van der Waals surface area contributed by atoms with E-state index in [4.69, 9.17) is 0 Å². The number of hydrogen-bond acceptors (Lipinski definition) is 2. The molecule has 0 spiro atoms. The van der Waals surface area contributed by atoms with Gasteiger partial charge in [-0.25, -0.2) is 0 Å². The SMILES string of the molecule is CSCC1CCCN1C(=O)c1ccc(C)cc1. The van der Waals surface area contributed by atoms with Gasteiger partial charge in [-0.05, 0) is 38.2 Å². The predicted molar refractivity (Wildman–Crippen MR) is 73.6 cm³/mol. The highest BCUT2D eigenvalue weighted by atomic mass is 32.2. The first-order valence-corrected chi connectivity index (χ1v) is 7.48. The number of carbonyl (C=O) groups is 1. The fraction of sp³-hybridized carbons (Fsp3) is 0.500. The van der Waals surface area contributed by atoms with Crippen LogP contribution in [0.2, 0.25) is 0 Å². The summed E-state index contributed by atoms with van der Waals surface area (Å²) in [6, 6.07) is 8.32. The van der Waals surface area contributed by atoms with E-state index in [-0.39, 0.29) is 5.91 Å². The monoisotopic (exact) mass is 249 g/mol. The van der Waals surface area contributed by atoms with Gasteiger partial charge in [0.15, 0.2) is 0 Å². The van der Waals surface area contributed by atoms with Gasteiger partial charge < -0.3 is 4.90 Å². The Kier molecular flexibility index (Phi) is 4.11. The summed E-state index contributed by atoms with van der Waals surface area (Å²) in [4.78, 5) is 14.4. The summed E-state index contributed by atoms with van der Waals surface area (Å²) in [5, 5.41) is 0. The molecule has 1 saturated heterocycles. The molecule has 0 aromatic heterocycles. The Labute approximate surface area is 107 Å². The number of hydrogen-bond donors (Lipinski definition) is 0. The first kappa shape index (κ1) is 12.5. The van der Waals surface area contributed by atoms with E-state index in [0.717, 1.165) is 30.7 Å². The van der Waals surface area contributed by atoms with Crippen molar-refractivity contribution >= 4 is 17.7 Å². The number of carbonyl (C=O) groups excluding carboxylic acids is 1. The topological polar surface area (TPSA) is 20.3 Å². The zero-order valence-corrected chi connectivity index (χ0v) is 11.3. The molecule has 1 amide bonds. The van der Waals surface area contributed by atoms with Gasteiger partial charge in [-0.15, -0.1) is 0 Å². The fourth-order valence-corrected chi connectivity index (χ4v) is 3.06. The zero-order chi connectivity index (χ0) is 12.3. The molecular weight excluding hydrogens is 230 g/mol. The Balaban J connectivity index is 2.11. The fourth-order valence-electron chi connectivity index (χ4n) is 2.33.